The average Bonchev–Trinajstić information content (AvgIpc) is 2.94. The summed E-state index contributed by atoms with van der Waals surface area (Å²) in [6, 6.07) is 18.1. The van der Waals surface area contributed by atoms with Gasteiger partial charge in [-0.05, 0) is 60.3 Å². The number of fused-ring (bicyclic) bond motifs is 2. The summed E-state index contributed by atoms with van der Waals surface area (Å²) in [4.78, 5) is 22.7. The Balaban J connectivity index is 0.000000209. The lowest BCUT2D eigenvalue weighted by atomic mass is 9.77. The van der Waals surface area contributed by atoms with Crippen molar-refractivity contribution in [1.82, 2.24) is 4.90 Å². The van der Waals surface area contributed by atoms with Crippen LogP contribution in [0.4, 0.5) is 26.3 Å². The van der Waals surface area contributed by atoms with E-state index in [2.05, 4.69) is 12.1 Å². The van der Waals surface area contributed by atoms with Gasteiger partial charge >= 0.3 is 18.3 Å². The van der Waals surface area contributed by atoms with Gasteiger partial charge in [0.1, 0.15) is 18.6 Å². The molecule has 2 aliphatic heterocycles. The van der Waals surface area contributed by atoms with E-state index in [9.17, 15) is 35.9 Å². The maximum Gasteiger partial charge on any atom is 0.403 e. The number of para-hydroxylation sites is 1. The molecule has 5 rings (SSSR count). The van der Waals surface area contributed by atoms with Gasteiger partial charge in [0, 0.05) is 12.0 Å². The SMILES string of the molecule is NC(=O)C1(C(F)(F)F)CCN(CC(F)(F)F)CC1.O=C(O)CCc1cccc2c(-c3cccc4c3OCCO4)cccc12. The van der Waals surface area contributed by atoms with Crippen LogP contribution in [0.5, 0.6) is 11.5 Å². The minimum absolute atomic E-state index is 0.126. The summed E-state index contributed by atoms with van der Waals surface area (Å²) in [5.41, 5.74) is 5.17. The Bertz CT molecular complexity index is 1470. The number of hydrogen-bond donors (Lipinski definition) is 2. The Morgan fingerprint density at radius 2 is 1.47 bits per heavy atom. The first-order valence-electron chi connectivity index (χ1n) is 13.5. The van der Waals surface area contributed by atoms with Gasteiger partial charge in [0.15, 0.2) is 11.5 Å². The first kappa shape index (κ1) is 31.9. The fourth-order valence-electron chi connectivity index (χ4n) is 5.37. The molecule has 1 amide bonds. The molecule has 1 fully saturated rings. The molecule has 3 aromatic carbocycles. The summed E-state index contributed by atoms with van der Waals surface area (Å²) in [5.74, 6) is -0.766. The van der Waals surface area contributed by atoms with Gasteiger partial charge in [0.25, 0.3) is 0 Å². The van der Waals surface area contributed by atoms with E-state index in [0.717, 1.165) is 43.9 Å². The van der Waals surface area contributed by atoms with Crippen molar-refractivity contribution in [3.8, 4) is 22.6 Å². The second-order valence-electron chi connectivity index (χ2n) is 10.4. The number of hydrogen-bond acceptors (Lipinski definition) is 5. The lowest BCUT2D eigenvalue weighted by Crippen LogP contribution is -2.56. The molecule has 0 aliphatic carbocycles. The number of carboxylic acid groups (broad SMARTS) is 1. The normalized spacial score (nSPS) is 16.7. The van der Waals surface area contributed by atoms with Crippen LogP contribution in [0.2, 0.25) is 0 Å². The second-order valence-corrected chi connectivity index (χ2v) is 10.4. The van der Waals surface area contributed by atoms with Crippen molar-refractivity contribution in [3.05, 3.63) is 60.2 Å². The number of carboxylic acids is 1. The summed E-state index contributed by atoms with van der Waals surface area (Å²) in [5, 5.41) is 11.2. The molecule has 43 heavy (non-hydrogen) atoms. The predicted octanol–water partition coefficient (Wildman–Crippen LogP) is 5.97. The maximum absolute atomic E-state index is 12.8. The number of halogens is 6. The molecule has 0 bridgehead atoms. The number of ether oxygens (including phenoxy) is 2. The molecule has 0 atom stereocenters. The fraction of sp³-hybridized carbons (Fsp3) is 0.400. The van der Waals surface area contributed by atoms with Gasteiger partial charge in [-0.25, -0.2) is 0 Å². The number of carbonyl (C=O) groups is 2. The van der Waals surface area contributed by atoms with Crippen LogP contribution in [0.1, 0.15) is 24.8 Å². The number of amides is 1. The number of alkyl halides is 6. The number of aliphatic carboxylic acids is 1. The smallest absolute Gasteiger partial charge is 0.403 e. The zero-order chi connectivity index (χ0) is 31.4. The highest BCUT2D eigenvalue weighted by Gasteiger charge is 2.60. The lowest BCUT2D eigenvalue weighted by molar-refractivity contribution is -0.234. The molecule has 13 heteroatoms. The van der Waals surface area contributed by atoms with E-state index in [-0.39, 0.29) is 6.42 Å². The summed E-state index contributed by atoms with van der Waals surface area (Å²) < 4.78 is 86.1. The third-order valence-electron chi connectivity index (χ3n) is 7.60. The molecule has 7 nitrogen and oxygen atoms in total. The van der Waals surface area contributed by atoms with Crippen LogP contribution >= 0.6 is 0 Å². The van der Waals surface area contributed by atoms with Crippen LogP contribution in [-0.4, -0.2) is 67.1 Å². The van der Waals surface area contributed by atoms with Crippen molar-refractivity contribution in [1.29, 1.82) is 0 Å². The van der Waals surface area contributed by atoms with E-state index in [1.807, 2.05) is 42.5 Å². The van der Waals surface area contributed by atoms with Gasteiger partial charge in [-0.1, -0.05) is 48.5 Å². The number of benzene rings is 3. The van der Waals surface area contributed by atoms with Crippen molar-refractivity contribution in [2.75, 3.05) is 32.8 Å². The van der Waals surface area contributed by atoms with E-state index < -0.39 is 62.1 Å². The van der Waals surface area contributed by atoms with Crippen molar-refractivity contribution < 1.29 is 50.5 Å². The Labute approximate surface area is 243 Å². The third kappa shape index (κ3) is 7.32. The topological polar surface area (TPSA) is 102 Å². The highest BCUT2D eigenvalue weighted by Crippen LogP contribution is 2.46. The van der Waals surface area contributed by atoms with Gasteiger partial charge < -0.3 is 20.3 Å². The minimum atomic E-state index is -4.83. The second kappa shape index (κ2) is 12.7. The number of nitrogens with two attached hydrogens (primary N) is 1. The maximum atomic E-state index is 12.8. The average molecular weight is 613 g/mol. The molecule has 0 unspecified atom stereocenters. The molecule has 1 saturated heterocycles. The van der Waals surface area contributed by atoms with Crippen LogP contribution in [0.25, 0.3) is 21.9 Å². The highest BCUT2D eigenvalue weighted by atomic mass is 19.4. The Morgan fingerprint density at radius 3 is 2.09 bits per heavy atom. The van der Waals surface area contributed by atoms with E-state index >= 15 is 0 Å². The van der Waals surface area contributed by atoms with Crippen molar-refractivity contribution in [3.63, 3.8) is 0 Å². The molecular weight excluding hydrogens is 582 g/mol. The molecule has 0 spiro atoms. The Hall–Kier alpha value is -4.00. The minimum Gasteiger partial charge on any atom is -0.486 e. The van der Waals surface area contributed by atoms with E-state index in [1.165, 1.54) is 0 Å². The van der Waals surface area contributed by atoms with E-state index in [0.29, 0.717) is 19.6 Å². The number of piperidine rings is 1. The molecule has 232 valence electrons. The first-order chi connectivity index (χ1) is 20.2. The van der Waals surface area contributed by atoms with Crippen LogP contribution < -0.4 is 15.2 Å². The summed E-state index contributed by atoms with van der Waals surface area (Å²) in [7, 11) is 0. The van der Waals surface area contributed by atoms with Gasteiger partial charge in [0.05, 0.1) is 6.54 Å². The molecule has 3 N–H and O–H groups in total. The van der Waals surface area contributed by atoms with E-state index in [1.54, 1.807) is 0 Å². The lowest BCUT2D eigenvalue weighted by Gasteiger charge is -2.40. The summed E-state index contributed by atoms with van der Waals surface area (Å²) in [6.07, 6.45) is -10.1. The zero-order valence-electron chi connectivity index (χ0n) is 22.9. The van der Waals surface area contributed by atoms with Gasteiger partial charge in [-0.2, -0.15) is 26.3 Å². The van der Waals surface area contributed by atoms with Crippen molar-refractivity contribution in [2.24, 2.45) is 11.1 Å². The fourth-order valence-corrected chi connectivity index (χ4v) is 5.37. The number of rotatable bonds is 6. The monoisotopic (exact) mass is 612 g/mol. The van der Waals surface area contributed by atoms with Gasteiger partial charge in [0.2, 0.25) is 5.91 Å². The van der Waals surface area contributed by atoms with Crippen molar-refractivity contribution >= 4 is 22.6 Å². The number of nitrogens with zero attached hydrogens (tertiary/aromatic N) is 1. The number of likely N-dealkylation sites (tertiary alicyclic amines) is 1. The van der Waals surface area contributed by atoms with Crippen LogP contribution in [-0.2, 0) is 16.0 Å². The van der Waals surface area contributed by atoms with Gasteiger partial charge in [-0.3, -0.25) is 14.5 Å². The van der Waals surface area contributed by atoms with Crippen LogP contribution in [0, 0.1) is 5.41 Å². The molecule has 3 aromatic rings. The molecule has 0 radical (unpaired) electrons. The quantitative estimate of drug-likeness (QED) is 0.333. The Kier molecular flexibility index (Phi) is 9.43. The standard InChI is InChI=1S/C21H18O4.C9H12F6N2O/c22-20(23)11-10-14-4-1-6-16-15(14)5-2-7-17(16)18-8-3-9-19-21(18)25-13-12-24-19;10-8(11,12)5-17-3-1-7(2-4-17,6(16)18)9(13,14)15/h1-9H,10-13H2,(H,22,23);1-5H2,(H2,16,18). The molecule has 0 aromatic heterocycles. The highest BCUT2D eigenvalue weighted by molar-refractivity contribution is 6.00. The predicted molar refractivity (Wildman–Crippen MR) is 146 cm³/mol. The summed E-state index contributed by atoms with van der Waals surface area (Å²) >= 11 is 0. The first-order valence-corrected chi connectivity index (χ1v) is 13.5. The number of carbonyl (C=O) groups excluding carboxylic acids is 1. The number of primary amides is 1. The summed E-state index contributed by atoms with van der Waals surface area (Å²) in [6.45, 7) is -1.09. The van der Waals surface area contributed by atoms with Gasteiger partial charge in [-0.15, -0.1) is 0 Å². The molecule has 2 heterocycles. The molecule has 2 aliphatic rings. The van der Waals surface area contributed by atoms with Crippen LogP contribution in [0.3, 0.4) is 0 Å². The van der Waals surface area contributed by atoms with E-state index in [4.69, 9.17) is 20.3 Å². The Morgan fingerprint density at radius 1 is 0.860 bits per heavy atom. The zero-order valence-corrected chi connectivity index (χ0v) is 22.9. The molecular formula is C30H30F6N2O5. The third-order valence-corrected chi connectivity index (χ3v) is 7.60. The van der Waals surface area contributed by atoms with Crippen LogP contribution in [0.15, 0.2) is 54.6 Å². The van der Waals surface area contributed by atoms with Crippen molar-refractivity contribution in [2.45, 2.75) is 38.0 Å². The molecule has 0 saturated carbocycles. The number of aryl methyl sites for hydroxylation is 1. The largest absolute Gasteiger partial charge is 0.486 e.